The molecule has 2 heterocycles. The fraction of sp³-hybridized carbons (Fsp3) is 0.538. The number of rotatable bonds is 0. The number of alkyl halides is 22. The Kier molecular flexibility index (Phi) is 15.8. The van der Waals surface area contributed by atoms with Crippen LogP contribution in [-0.2, 0) is 102 Å². The van der Waals surface area contributed by atoms with Gasteiger partial charge in [0, 0.05) is 24.0 Å². The van der Waals surface area contributed by atoms with E-state index in [1.54, 1.807) is 24.3 Å². The summed E-state index contributed by atoms with van der Waals surface area (Å²) in [6.45, 7) is 10.2. The maximum atomic E-state index is 13.5. The predicted molar refractivity (Wildman–Crippen MR) is 284 cm³/mol. The van der Waals surface area contributed by atoms with E-state index >= 15 is 0 Å². The molecule has 0 saturated carbocycles. The Hall–Kier alpha value is -6.24. The minimum atomic E-state index is -5.73. The van der Waals surface area contributed by atoms with Crippen molar-refractivity contribution < 1.29 is 116 Å². The molecule has 0 bridgehead atoms. The minimum Gasteiger partial charge on any atom is -0.434 e. The first-order valence-corrected chi connectivity index (χ1v) is 29.4. The second kappa shape index (κ2) is 21.7. The number of fused-ring (bicyclic) bond motifs is 10. The Morgan fingerprint density at radius 3 is 0.780 bits per heavy atom. The molecule has 0 aromatic heterocycles. The van der Waals surface area contributed by atoms with Gasteiger partial charge in [-0.1, -0.05) is 58.9 Å². The summed E-state index contributed by atoms with van der Waals surface area (Å²) in [6, 6.07) is 14.6. The van der Waals surface area contributed by atoms with Crippen LogP contribution in [0.25, 0.3) is 0 Å². The second-order valence-electron chi connectivity index (χ2n) is 26.5. The van der Waals surface area contributed by atoms with Gasteiger partial charge in [0.1, 0.15) is 0 Å². The van der Waals surface area contributed by atoms with E-state index < -0.39 is 101 Å². The van der Waals surface area contributed by atoms with Gasteiger partial charge in [-0.05, 0) is 221 Å². The van der Waals surface area contributed by atoms with Crippen molar-refractivity contribution in [1.29, 1.82) is 0 Å². The zero-order chi connectivity index (χ0) is 66.7. The zero-order valence-electron chi connectivity index (χ0n) is 49.0. The van der Waals surface area contributed by atoms with Crippen LogP contribution in [0.1, 0.15) is 124 Å². The van der Waals surface area contributed by atoms with Crippen molar-refractivity contribution in [3.63, 3.8) is 0 Å². The molecule has 4 nitrogen and oxygen atoms in total. The summed E-state index contributed by atoms with van der Waals surface area (Å²) in [4.78, 5) is 0. The molecule has 0 radical (unpaired) electrons. The van der Waals surface area contributed by atoms with Crippen molar-refractivity contribution in [3.05, 3.63) is 150 Å². The quantitative estimate of drug-likeness (QED) is 0.145. The highest BCUT2D eigenvalue weighted by atomic mass is 19.4. The van der Waals surface area contributed by atoms with E-state index in [2.05, 4.69) is 32.8 Å². The summed E-state index contributed by atoms with van der Waals surface area (Å²) in [5.41, 5.74) is 5.06. The van der Waals surface area contributed by atoms with Gasteiger partial charge in [0.2, 0.25) is 0 Å². The molecule has 0 N–H and O–H groups in total. The highest BCUT2D eigenvalue weighted by Crippen LogP contribution is 2.64. The fourth-order valence-electron chi connectivity index (χ4n) is 14.5. The first kappa shape index (κ1) is 66.2. The molecule has 0 amide bonds. The van der Waals surface area contributed by atoms with Gasteiger partial charge in [-0.25, -0.2) is 8.78 Å². The lowest BCUT2D eigenvalue weighted by atomic mass is 9.83. The Labute approximate surface area is 506 Å². The van der Waals surface area contributed by atoms with Gasteiger partial charge in [0.05, 0.1) is 0 Å². The number of halogens is 22. The summed E-state index contributed by atoms with van der Waals surface area (Å²) in [5, 5.41) is 0. The largest absolute Gasteiger partial charge is 0.586 e. The van der Waals surface area contributed by atoms with E-state index in [9.17, 15) is 96.6 Å². The van der Waals surface area contributed by atoms with Crippen LogP contribution in [0.2, 0.25) is 0 Å². The summed E-state index contributed by atoms with van der Waals surface area (Å²) in [6.07, 6.45) is -20.1. The van der Waals surface area contributed by atoms with Crippen molar-refractivity contribution in [2.24, 2.45) is 35.0 Å². The molecule has 10 aliphatic rings. The van der Waals surface area contributed by atoms with Crippen LogP contribution in [0.3, 0.4) is 0 Å². The van der Waals surface area contributed by atoms with Gasteiger partial charge >= 0.3 is 54.6 Å². The van der Waals surface area contributed by atoms with E-state index in [-0.39, 0.29) is 47.3 Å². The molecule has 2 aliphatic heterocycles. The third-order valence-corrected chi connectivity index (χ3v) is 18.7. The van der Waals surface area contributed by atoms with Crippen LogP contribution < -0.4 is 18.9 Å². The summed E-state index contributed by atoms with van der Waals surface area (Å²) in [7, 11) is 0. The van der Waals surface area contributed by atoms with E-state index in [1.807, 2.05) is 32.9 Å². The Morgan fingerprint density at radius 2 is 0.527 bits per heavy atom. The lowest BCUT2D eigenvalue weighted by Crippen LogP contribution is -2.63. The standard InChI is InChI=1S/C15H14F6.C13H10F6O2.C13H10F6.C13H14F2.C11H10F2O2/c1-8-2-9-4-11-6-13(14(16,17)18,15(19,20)21)7-12(11)5-10(9)3-8;1-6-2-7-4-9-10(5-8(7)3-6)21-11(20-9,12(14,15)16)13(17,18)19;1-6-2-7-4-9-10(5-8(7)3-6)12(16,17)13(18,19)11(9,14)15;1-8-2-9-4-11-6-13(14,15)7-12(11)5-10(9)3-8;1-6-2-7-4-9-10(5-8(7)3-6)15-11(12,13)14-9/h4-5,8H,2-3,6-7H2,1H3;4-6H,2-3H2,1H3;4-6H,2-3H2,1H3;4-5,8H,2-3,6-7H2,1H3;4-6H,2-3H2,1H3. The Morgan fingerprint density at radius 1 is 0.297 bits per heavy atom. The van der Waals surface area contributed by atoms with Crippen LogP contribution >= 0.6 is 0 Å². The maximum absolute atomic E-state index is 13.5. The van der Waals surface area contributed by atoms with Crippen molar-refractivity contribution in [2.75, 3.05) is 0 Å². The number of hydrogen-bond acceptors (Lipinski definition) is 4. The Bertz CT molecular complexity index is 3280. The topological polar surface area (TPSA) is 36.9 Å². The summed E-state index contributed by atoms with van der Waals surface area (Å²) in [5.74, 6) is -20.8. The molecule has 15 rings (SSSR count). The molecule has 5 aromatic rings. The van der Waals surface area contributed by atoms with E-state index in [4.69, 9.17) is 0 Å². The fourth-order valence-corrected chi connectivity index (χ4v) is 14.5. The SMILES string of the molecule is CC1Cc2cc3c(cc2C1)C(F)(F)C(F)(F)C3(F)F.CC1Cc2cc3c(cc2C1)CC(C(F)(F)F)(C(F)(F)F)C3.CC1Cc2cc3c(cc2C1)CC(F)(F)C3.CC1Cc2cc3c(cc2C1)OC(C(F)(F)F)(C(F)(F)F)O3.CC1Cc2cc3c(cc2C1)OC(F)(F)O3. The van der Waals surface area contributed by atoms with Crippen molar-refractivity contribution in [1.82, 2.24) is 0 Å². The van der Waals surface area contributed by atoms with Crippen LogP contribution in [0.15, 0.2) is 60.7 Å². The van der Waals surface area contributed by atoms with Crippen molar-refractivity contribution in [3.8, 4) is 23.0 Å². The van der Waals surface area contributed by atoms with Gasteiger partial charge in [0.25, 0.3) is 5.92 Å². The van der Waals surface area contributed by atoms with Gasteiger partial charge in [-0.15, -0.1) is 8.78 Å². The highest BCUT2D eigenvalue weighted by molar-refractivity contribution is 5.54. The maximum Gasteiger partial charge on any atom is 0.586 e. The molecule has 5 aromatic carbocycles. The normalized spacial score (nSPS) is 22.6. The van der Waals surface area contributed by atoms with Crippen molar-refractivity contribution >= 4 is 0 Å². The van der Waals surface area contributed by atoms with Crippen molar-refractivity contribution in [2.45, 2.75) is 185 Å². The first-order chi connectivity index (χ1) is 41.7. The highest BCUT2D eigenvalue weighted by Gasteiger charge is 2.81. The molecule has 0 saturated heterocycles. The van der Waals surface area contributed by atoms with Crippen LogP contribution in [-0.4, -0.2) is 48.6 Å². The lowest BCUT2D eigenvalue weighted by molar-refractivity contribution is -0.412. The van der Waals surface area contributed by atoms with Crippen LogP contribution in [0.5, 0.6) is 23.0 Å². The first-order valence-electron chi connectivity index (χ1n) is 29.4. The van der Waals surface area contributed by atoms with E-state index in [0.717, 1.165) is 84.0 Å². The average Bonchev–Trinajstić information content (AvgIpc) is 1.58. The Balaban J connectivity index is 0.000000118. The molecule has 0 atom stereocenters. The summed E-state index contributed by atoms with van der Waals surface area (Å²) >= 11 is 0. The van der Waals surface area contributed by atoms with E-state index in [0.29, 0.717) is 65.7 Å². The molecule has 0 fully saturated rings. The molecular formula is C65H58F22O4. The molecule has 8 aliphatic carbocycles. The third kappa shape index (κ3) is 11.6. The average molecular weight is 1320 g/mol. The zero-order valence-corrected chi connectivity index (χ0v) is 49.0. The molecule has 26 heteroatoms. The van der Waals surface area contributed by atoms with Gasteiger partial charge in [0.15, 0.2) is 28.4 Å². The smallest absolute Gasteiger partial charge is 0.434 e. The number of benzene rings is 5. The van der Waals surface area contributed by atoms with Gasteiger partial charge < -0.3 is 18.9 Å². The predicted octanol–water partition coefficient (Wildman–Crippen LogP) is 18.8. The molecule has 0 spiro atoms. The second-order valence-corrected chi connectivity index (χ2v) is 26.5. The van der Waals surface area contributed by atoms with E-state index in [1.165, 1.54) is 23.3 Å². The lowest BCUT2D eigenvalue weighted by Gasteiger charge is -2.33. The third-order valence-electron chi connectivity index (χ3n) is 18.7. The molecular weight excluding hydrogens is 1260 g/mol. The molecule has 496 valence electrons. The van der Waals surface area contributed by atoms with Gasteiger partial charge in [-0.2, -0.15) is 79.0 Å². The molecule has 0 unspecified atom stereocenters. The minimum absolute atomic E-state index is 0.0516. The van der Waals surface area contributed by atoms with Crippen LogP contribution in [0, 0.1) is 35.0 Å². The van der Waals surface area contributed by atoms with Gasteiger partial charge in [-0.3, -0.25) is 0 Å². The summed E-state index contributed by atoms with van der Waals surface area (Å²) < 4.78 is 306. The number of hydrogen-bond donors (Lipinski definition) is 0. The monoisotopic (exact) mass is 1320 g/mol. The molecule has 91 heavy (non-hydrogen) atoms. The van der Waals surface area contributed by atoms with Crippen LogP contribution in [0.4, 0.5) is 96.6 Å². The number of ether oxygens (including phenoxy) is 4.